The minimum absolute atomic E-state index is 0.0474. The Kier molecular flexibility index (Phi) is 3.72. The molecule has 0 saturated carbocycles. The van der Waals surface area contributed by atoms with E-state index in [1.54, 1.807) is 6.26 Å². The van der Waals surface area contributed by atoms with E-state index in [9.17, 15) is 4.79 Å². The SMILES string of the molecule is Cc1[nH]nc2c1[C@H](c1ccc(Cl)cc1)C1=C(C[C@H](c3ccco3)CC1=O)N2. The zero-order valence-electron chi connectivity index (χ0n) is 14.8. The Morgan fingerprint density at radius 1 is 1.19 bits per heavy atom. The van der Waals surface area contributed by atoms with Gasteiger partial charge in [0.25, 0.3) is 0 Å². The Bertz CT molecular complexity index is 1050. The molecule has 1 aliphatic heterocycles. The number of carbonyl (C=O) groups excluding carboxylic acids is 1. The molecule has 136 valence electrons. The number of aromatic nitrogens is 2. The first kappa shape index (κ1) is 16.4. The number of H-pyrrole nitrogens is 1. The largest absolute Gasteiger partial charge is 0.469 e. The molecule has 0 spiro atoms. The first-order valence-electron chi connectivity index (χ1n) is 8.99. The molecule has 0 saturated heterocycles. The maximum Gasteiger partial charge on any atom is 0.162 e. The van der Waals surface area contributed by atoms with E-state index in [2.05, 4.69) is 15.5 Å². The van der Waals surface area contributed by atoms with Crippen LogP contribution < -0.4 is 5.32 Å². The van der Waals surface area contributed by atoms with Gasteiger partial charge >= 0.3 is 0 Å². The van der Waals surface area contributed by atoms with E-state index in [0.717, 1.165) is 46.1 Å². The lowest BCUT2D eigenvalue weighted by Crippen LogP contribution is -2.29. The van der Waals surface area contributed by atoms with E-state index in [1.165, 1.54) is 0 Å². The van der Waals surface area contributed by atoms with Gasteiger partial charge in [0.2, 0.25) is 0 Å². The van der Waals surface area contributed by atoms with Crippen LogP contribution >= 0.6 is 11.6 Å². The highest BCUT2D eigenvalue weighted by molar-refractivity contribution is 6.30. The lowest BCUT2D eigenvalue weighted by molar-refractivity contribution is -0.116. The maximum atomic E-state index is 13.2. The van der Waals surface area contributed by atoms with Crippen LogP contribution in [-0.2, 0) is 4.79 Å². The fourth-order valence-corrected chi connectivity index (χ4v) is 4.40. The minimum atomic E-state index is -0.141. The van der Waals surface area contributed by atoms with Crippen LogP contribution in [0.1, 0.15) is 47.3 Å². The Morgan fingerprint density at radius 2 is 2.00 bits per heavy atom. The standard InChI is InChI=1S/C21H18ClN3O2/c1-11-18-19(12-4-6-14(22)7-5-12)20-15(23-21(18)25-24-11)9-13(10-16(20)26)17-3-2-8-27-17/h2-8,13,19H,9-10H2,1H3,(H2,23,24,25)/t13-,19-/m0/s1. The summed E-state index contributed by atoms with van der Waals surface area (Å²) < 4.78 is 5.56. The number of benzene rings is 1. The number of fused-ring (bicyclic) bond motifs is 1. The van der Waals surface area contributed by atoms with Gasteiger partial charge in [0, 0.05) is 45.8 Å². The van der Waals surface area contributed by atoms with Gasteiger partial charge in [-0.15, -0.1) is 0 Å². The normalized spacial score (nSPS) is 21.6. The molecule has 3 heterocycles. The molecule has 2 aliphatic rings. The van der Waals surface area contributed by atoms with Crippen molar-refractivity contribution in [2.75, 3.05) is 5.32 Å². The minimum Gasteiger partial charge on any atom is -0.469 e. The molecule has 0 amide bonds. The van der Waals surface area contributed by atoms with Crippen LogP contribution in [-0.4, -0.2) is 16.0 Å². The summed E-state index contributed by atoms with van der Waals surface area (Å²) in [5.74, 6) is 1.70. The number of rotatable bonds is 2. The maximum absolute atomic E-state index is 13.2. The number of anilines is 1. The predicted molar refractivity (Wildman–Crippen MR) is 103 cm³/mol. The summed E-state index contributed by atoms with van der Waals surface area (Å²) >= 11 is 6.08. The van der Waals surface area contributed by atoms with Crippen LogP contribution in [0.25, 0.3) is 0 Å². The summed E-state index contributed by atoms with van der Waals surface area (Å²) in [4.78, 5) is 13.2. The van der Waals surface area contributed by atoms with Gasteiger partial charge in [0.1, 0.15) is 5.76 Å². The van der Waals surface area contributed by atoms with Crippen LogP contribution in [0.2, 0.25) is 5.02 Å². The molecule has 5 rings (SSSR count). The molecule has 2 N–H and O–H groups in total. The van der Waals surface area contributed by atoms with Crippen molar-refractivity contribution >= 4 is 23.2 Å². The monoisotopic (exact) mass is 379 g/mol. The third kappa shape index (κ3) is 2.61. The lowest BCUT2D eigenvalue weighted by atomic mass is 9.73. The van der Waals surface area contributed by atoms with Crippen LogP contribution in [0.15, 0.2) is 58.3 Å². The average Bonchev–Trinajstić information content (AvgIpc) is 3.31. The van der Waals surface area contributed by atoms with E-state index in [-0.39, 0.29) is 17.6 Å². The topological polar surface area (TPSA) is 70.9 Å². The smallest absolute Gasteiger partial charge is 0.162 e. The van der Waals surface area contributed by atoms with Crippen LogP contribution in [0.4, 0.5) is 5.82 Å². The van der Waals surface area contributed by atoms with Gasteiger partial charge in [-0.05, 0) is 43.2 Å². The molecule has 1 aliphatic carbocycles. The fraction of sp³-hybridized carbons (Fsp3) is 0.238. The number of Topliss-reactive ketones (excluding diaryl/α,β-unsaturated/α-hetero) is 1. The number of carbonyl (C=O) groups is 1. The number of halogens is 1. The number of furan rings is 1. The Hall–Kier alpha value is -2.79. The quantitative estimate of drug-likeness (QED) is 0.662. The van der Waals surface area contributed by atoms with Gasteiger partial charge in [-0.1, -0.05) is 23.7 Å². The zero-order chi connectivity index (χ0) is 18.5. The van der Waals surface area contributed by atoms with Gasteiger partial charge in [-0.3, -0.25) is 9.89 Å². The molecule has 0 radical (unpaired) electrons. The molecule has 0 bridgehead atoms. The highest BCUT2D eigenvalue weighted by Gasteiger charge is 2.40. The van der Waals surface area contributed by atoms with Crippen molar-refractivity contribution in [1.29, 1.82) is 0 Å². The van der Waals surface area contributed by atoms with Crippen molar-refractivity contribution in [3.05, 3.63) is 81.5 Å². The Balaban J connectivity index is 1.64. The Labute approximate surface area is 161 Å². The van der Waals surface area contributed by atoms with Crippen LogP contribution in [0.3, 0.4) is 0 Å². The summed E-state index contributed by atoms with van der Waals surface area (Å²) in [6.07, 6.45) is 2.83. The third-order valence-electron chi connectivity index (χ3n) is 5.50. The number of nitrogens with one attached hydrogen (secondary N) is 2. The zero-order valence-corrected chi connectivity index (χ0v) is 15.5. The number of hydrogen-bond acceptors (Lipinski definition) is 4. The Morgan fingerprint density at radius 3 is 2.74 bits per heavy atom. The van der Waals surface area contributed by atoms with Crippen molar-refractivity contribution in [3.8, 4) is 0 Å². The molecule has 1 aromatic carbocycles. The third-order valence-corrected chi connectivity index (χ3v) is 5.75. The molecule has 3 aromatic rings. The van der Waals surface area contributed by atoms with Gasteiger partial charge in [0.05, 0.1) is 6.26 Å². The second kappa shape index (κ2) is 6.13. The molecule has 2 atom stereocenters. The number of aryl methyl sites for hydroxylation is 1. The summed E-state index contributed by atoms with van der Waals surface area (Å²) in [6, 6.07) is 11.5. The number of hydrogen-bond donors (Lipinski definition) is 2. The summed E-state index contributed by atoms with van der Waals surface area (Å²) in [7, 11) is 0. The van der Waals surface area contributed by atoms with E-state index in [0.29, 0.717) is 11.4 Å². The van der Waals surface area contributed by atoms with E-state index in [1.807, 2.05) is 43.3 Å². The van der Waals surface area contributed by atoms with Crippen molar-refractivity contribution in [2.45, 2.75) is 31.6 Å². The van der Waals surface area contributed by atoms with Crippen LogP contribution in [0.5, 0.6) is 0 Å². The summed E-state index contributed by atoms with van der Waals surface area (Å²) in [5.41, 5.74) is 4.80. The molecule has 6 heteroatoms. The number of nitrogens with zero attached hydrogens (tertiary/aromatic N) is 1. The average molecular weight is 380 g/mol. The molecule has 0 unspecified atom stereocenters. The van der Waals surface area contributed by atoms with Crippen molar-refractivity contribution < 1.29 is 9.21 Å². The van der Waals surface area contributed by atoms with Gasteiger partial charge < -0.3 is 9.73 Å². The molecular weight excluding hydrogens is 362 g/mol. The molecule has 2 aromatic heterocycles. The second-order valence-electron chi connectivity index (χ2n) is 7.16. The van der Waals surface area contributed by atoms with Gasteiger partial charge in [-0.2, -0.15) is 5.10 Å². The molecule has 5 nitrogen and oxygen atoms in total. The van der Waals surface area contributed by atoms with Gasteiger partial charge in [0.15, 0.2) is 11.6 Å². The molecular formula is C21H18ClN3O2. The second-order valence-corrected chi connectivity index (χ2v) is 7.59. The number of ketones is 1. The predicted octanol–water partition coefficient (Wildman–Crippen LogP) is 4.92. The van der Waals surface area contributed by atoms with Crippen molar-refractivity contribution in [2.24, 2.45) is 0 Å². The highest BCUT2D eigenvalue weighted by atomic mass is 35.5. The summed E-state index contributed by atoms with van der Waals surface area (Å²) in [5, 5.41) is 11.6. The lowest BCUT2D eigenvalue weighted by Gasteiger charge is -2.34. The van der Waals surface area contributed by atoms with E-state index >= 15 is 0 Å². The first-order valence-corrected chi connectivity index (χ1v) is 9.36. The van der Waals surface area contributed by atoms with Crippen LogP contribution in [0, 0.1) is 6.92 Å². The van der Waals surface area contributed by atoms with Crippen molar-refractivity contribution in [1.82, 2.24) is 10.2 Å². The van der Waals surface area contributed by atoms with Gasteiger partial charge in [-0.25, -0.2) is 0 Å². The fourth-order valence-electron chi connectivity index (χ4n) is 4.27. The number of allylic oxidation sites excluding steroid dienone is 2. The summed E-state index contributed by atoms with van der Waals surface area (Å²) in [6.45, 7) is 1.99. The van der Waals surface area contributed by atoms with E-state index < -0.39 is 0 Å². The van der Waals surface area contributed by atoms with Crippen molar-refractivity contribution in [3.63, 3.8) is 0 Å². The first-order chi connectivity index (χ1) is 13.1. The number of aromatic amines is 1. The van der Waals surface area contributed by atoms with E-state index in [4.69, 9.17) is 16.0 Å². The highest BCUT2D eigenvalue weighted by Crippen LogP contribution is 2.48. The molecule has 0 fully saturated rings. The molecule has 27 heavy (non-hydrogen) atoms.